The van der Waals surface area contributed by atoms with Crippen LogP contribution in [0.2, 0.25) is 5.02 Å². The fraction of sp³-hybridized carbons (Fsp3) is 0.462. The lowest BCUT2D eigenvalue weighted by Crippen LogP contribution is -2.07. The van der Waals surface area contributed by atoms with E-state index in [1.807, 2.05) is 12.1 Å². The Hall–Kier alpha value is -1.02. The fourth-order valence-corrected chi connectivity index (χ4v) is 2.04. The summed E-state index contributed by atoms with van der Waals surface area (Å²) in [6.45, 7) is 1.68. The third kappa shape index (κ3) is 2.56. The first-order valence-corrected chi connectivity index (χ1v) is 5.97. The van der Waals surface area contributed by atoms with Gasteiger partial charge in [-0.25, -0.2) is 0 Å². The third-order valence-electron chi connectivity index (χ3n) is 3.15. The Bertz CT molecular complexity index is 410. The van der Waals surface area contributed by atoms with Gasteiger partial charge in [0.05, 0.1) is 5.92 Å². The molecule has 1 aromatic carbocycles. The van der Waals surface area contributed by atoms with Crippen molar-refractivity contribution in [2.45, 2.75) is 32.1 Å². The molecule has 0 spiro atoms. The smallest absolute Gasteiger partial charge is 0.310 e. The molecule has 1 fully saturated rings. The maximum absolute atomic E-state index is 10.8. The van der Waals surface area contributed by atoms with E-state index in [1.54, 1.807) is 13.0 Å². The van der Waals surface area contributed by atoms with Crippen molar-refractivity contribution in [3.63, 3.8) is 0 Å². The number of aliphatic carboxylic acids is 1. The second-order valence-corrected chi connectivity index (χ2v) is 4.97. The molecule has 2 rings (SSSR count). The number of hydrogen-bond donors (Lipinski definition) is 1. The largest absolute Gasteiger partial charge is 0.481 e. The van der Waals surface area contributed by atoms with Crippen LogP contribution in [-0.4, -0.2) is 11.1 Å². The molecule has 86 valence electrons. The van der Waals surface area contributed by atoms with Crippen molar-refractivity contribution in [1.82, 2.24) is 0 Å². The van der Waals surface area contributed by atoms with Crippen LogP contribution in [0.4, 0.5) is 0 Å². The van der Waals surface area contributed by atoms with Crippen LogP contribution < -0.4 is 0 Å². The zero-order valence-electron chi connectivity index (χ0n) is 9.24. The van der Waals surface area contributed by atoms with E-state index in [0.29, 0.717) is 5.02 Å². The number of halogens is 1. The molecule has 2 nitrogen and oxygen atoms in total. The average Bonchev–Trinajstić information content (AvgIpc) is 3.03. The molecular weight excluding hydrogens is 224 g/mol. The minimum atomic E-state index is -0.814. The van der Waals surface area contributed by atoms with E-state index < -0.39 is 11.9 Å². The quantitative estimate of drug-likeness (QED) is 0.872. The van der Waals surface area contributed by atoms with Gasteiger partial charge >= 0.3 is 5.97 Å². The molecule has 0 aromatic heterocycles. The highest BCUT2D eigenvalue weighted by molar-refractivity contribution is 6.31. The molecule has 0 heterocycles. The lowest BCUT2D eigenvalue weighted by atomic mass is 9.98. The molecule has 1 unspecified atom stereocenters. The topological polar surface area (TPSA) is 37.3 Å². The normalized spacial score (nSPS) is 17.1. The molecule has 16 heavy (non-hydrogen) atoms. The molecule has 0 bridgehead atoms. The van der Waals surface area contributed by atoms with Crippen molar-refractivity contribution in [2.24, 2.45) is 5.92 Å². The second-order valence-electron chi connectivity index (χ2n) is 4.56. The van der Waals surface area contributed by atoms with Crippen LogP contribution in [-0.2, 0) is 11.2 Å². The number of rotatable bonds is 4. The summed E-state index contributed by atoms with van der Waals surface area (Å²) in [5, 5.41) is 9.61. The van der Waals surface area contributed by atoms with Gasteiger partial charge in [-0.15, -0.1) is 0 Å². The van der Waals surface area contributed by atoms with Gasteiger partial charge in [0, 0.05) is 5.02 Å². The van der Waals surface area contributed by atoms with E-state index in [-0.39, 0.29) is 0 Å². The van der Waals surface area contributed by atoms with Crippen LogP contribution in [0.5, 0.6) is 0 Å². The van der Waals surface area contributed by atoms with Gasteiger partial charge < -0.3 is 5.11 Å². The minimum absolute atomic E-state index is 0.493. The number of hydrogen-bond acceptors (Lipinski definition) is 1. The van der Waals surface area contributed by atoms with Crippen molar-refractivity contribution >= 4 is 17.6 Å². The Morgan fingerprint density at radius 3 is 2.75 bits per heavy atom. The van der Waals surface area contributed by atoms with Crippen LogP contribution in [0.1, 0.15) is 36.8 Å². The molecule has 1 aromatic rings. The molecule has 1 aliphatic carbocycles. The number of carboxylic acids is 1. The molecule has 0 radical (unpaired) electrons. The summed E-state index contributed by atoms with van der Waals surface area (Å²) >= 11 is 6.16. The highest BCUT2D eigenvalue weighted by Gasteiger charge is 2.23. The SMILES string of the molecule is CC(C(=O)O)c1ccc(CC2CC2)c(Cl)c1. The first kappa shape index (κ1) is 11.5. The van der Waals surface area contributed by atoms with E-state index in [2.05, 4.69) is 0 Å². The van der Waals surface area contributed by atoms with Crippen LogP contribution in [0.25, 0.3) is 0 Å². The second kappa shape index (κ2) is 4.46. The van der Waals surface area contributed by atoms with Gasteiger partial charge in [-0.3, -0.25) is 4.79 Å². The Balaban J connectivity index is 2.17. The molecular formula is C13H15ClO2. The molecule has 0 saturated heterocycles. The standard InChI is InChI=1S/C13H15ClO2/c1-8(13(15)16)10-4-5-11(12(14)7-10)6-9-2-3-9/h4-5,7-9H,2-3,6H2,1H3,(H,15,16). The monoisotopic (exact) mass is 238 g/mol. The number of carboxylic acid groups (broad SMARTS) is 1. The van der Waals surface area contributed by atoms with Crippen molar-refractivity contribution in [1.29, 1.82) is 0 Å². The van der Waals surface area contributed by atoms with Gasteiger partial charge in [-0.2, -0.15) is 0 Å². The van der Waals surface area contributed by atoms with Crippen molar-refractivity contribution in [2.75, 3.05) is 0 Å². The molecule has 0 aliphatic heterocycles. The zero-order valence-corrected chi connectivity index (χ0v) is 10.00. The van der Waals surface area contributed by atoms with Crippen LogP contribution in [0, 0.1) is 5.92 Å². The number of benzene rings is 1. The first-order valence-electron chi connectivity index (χ1n) is 5.59. The van der Waals surface area contributed by atoms with Crippen molar-refractivity contribution in [3.05, 3.63) is 34.3 Å². The minimum Gasteiger partial charge on any atom is -0.481 e. The predicted octanol–water partition coefficient (Wildman–Crippen LogP) is 3.48. The van der Waals surface area contributed by atoms with Gasteiger partial charge in [0.25, 0.3) is 0 Å². The molecule has 3 heteroatoms. The maximum Gasteiger partial charge on any atom is 0.310 e. The Morgan fingerprint density at radius 1 is 1.56 bits per heavy atom. The number of carbonyl (C=O) groups is 1. The molecule has 0 amide bonds. The molecule has 1 atom stereocenters. The van der Waals surface area contributed by atoms with Gasteiger partial charge in [0.15, 0.2) is 0 Å². The summed E-state index contributed by atoms with van der Waals surface area (Å²) in [5.41, 5.74) is 1.92. The van der Waals surface area contributed by atoms with E-state index in [1.165, 1.54) is 12.8 Å². The van der Waals surface area contributed by atoms with Crippen molar-refractivity contribution < 1.29 is 9.90 Å². The van der Waals surface area contributed by atoms with Gasteiger partial charge in [0.2, 0.25) is 0 Å². The van der Waals surface area contributed by atoms with Gasteiger partial charge in [-0.05, 0) is 49.3 Å². The van der Waals surface area contributed by atoms with Crippen molar-refractivity contribution in [3.8, 4) is 0 Å². The summed E-state index contributed by atoms with van der Waals surface area (Å²) in [6, 6.07) is 5.63. The Morgan fingerprint density at radius 2 is 2.25 bits per heavy atom. The predicted molar refractivity (Wildman–Crippen MR) is 63.9 cm³/mol. The summed E-state index contributed by atoms with van der Waals surface area (Å²) < 4.78 is 0. The third-order valence-corrected chi connectivity index (χ3v) is 3.50. The van der Waals surface area contributed by atoms with Crippen LogP contribution in [0.3, 0.4) is 0 Å². The average molecular weight is 239 g/mol. The summed E-state index contributed by atoms with van der Waals surface area (Å²) in [5.74, 6) is -0.515. The lowest BCUT2D eigenvalue weighted by molar-refractivity contribution is -0.138. The van der Waals surface area contributed by atoms with E-state index in [0.717, 1.165) is 23.5 Å². The molecule has 1 N–H and O–H groups in total. The van der Waals surface area contributed by atoms with Crippen LogP contribution in [0.15, 0.2) is 18.2 Å². The summed E-state index contributed by atoms with van der Waals surface area (Å²) in [7, 11) is 0. The Kier molecular flexibility index (Phi) is 3.20. The molecule has 1 saturated carbocycles. The highest BCUT2D eigenvalue weighted by atomic mass is 35.5. The van der Waals surface area contributed by atoms with Gasteiger partial charge in [-0.1, -0.05) is 23.7 Å². The van der Waals surface area contributed by atoms with E-state index in [9.17, 15) is 4.79 Å². The maximum atomic E-state index is 10.8. The highest BCUT2D eigenvalue weighted by Crippen LogP contribution is 2.35. The van der Waals surface area contributed by atoms with Gasteiger partial charge in [0.1, 0.15) is 0 Å². The lowest BCUT2D eigenvalue weighted by Gasteiger charge is -2.09. The summed E-state index contributed by atoms with van der Waals surface area (Å²) in [4.78, 5) is 10.8. The zero-order chi connectivity index (χ0) is 11.7. The Labute approximate surface area is 100 Å². The molecule has 1 aliphatic rings. The van der Waals surface area contributed by atoms with Crippen LogP contribution >= 0.6 is 11.6 Å². The summed E-state index contributed by atoms with van der Waals surface area (Å²) in [6.07, 6.45) is 3.62. The van der Waals surface area contributed by atoms with E-state index >= 15 is 0 Å². The van der Waals surface area contributed by atoms with E-state index in [4.69, 9.17) is 16.7 Å². The first-order chi connectivity index (χ1) is 7.58. The fourth-order valence-electron chi connectivity index (χ4n) is 1.77.